The SMILES string of the molecule is Brc1cc(C(Br)CC2CC3CCC2C3)c(Br)s1. The van der Waals surface area contributed by atoms with Crippen LogP contribution in [-0.4, -0.2) is 0 Å². The fraction of sp³-hybridized carbons (Fsp3) is 0.692. The first-order valence-corrected chi connectivity index (χ1v) is 9.54. The number of thiophene rings is 1. The molecule has 3 rings (SSSR count). The number of alkyl halides is 1. The van der Waals surface area contributed by atoms with E-state index in [1.54, 1.807) is 11.3 Å². The summed E-state index contributed by atoms with van der Waals surface area (Å²) < 4.78 is 2.49. The topological polar surface area (TPSA) is 0 Å². The van der Waals surface area contributed by atoms with Gasteiger partial charge in [0.25, 0.3) is 0 Å². The molecule has 2 bridgehead atoms. The van der Waals surface area contributed by atoms with E-state index in [1.165, 1.54) is 45.2 Å². The van der Waals surface area contributed by atoms with Crippen molar-refractivity contribution in [3.05, 3.63) is 19.2 Å². The Labute approximate surface area is 132 Å². The largest absolute Gasteiger partial charge is 0.121 e. The van der Waals surface area contributed by atoms with Gasteiger partial charge in [-0.15, -0.1) is 11.3 Å². The third-order valence-electron chi connectivity index (χ3n) is 4.41. The summed E-state index contributed by atoms with van der Waals surface area (Å²) in [5, 5.41) is 0. The van der Waals surface area contributed by atoms with Crippen molar-refractivity contribution in [2.24, 2.45) is 17.8 Å². The number of halogens is 3. The van der Waals surface area contributed by atoms with Gasteiger partial charge in [-0.2, -0.15) is 0 Å². The minimum Gasteiger partial charge on any atom is -0.121 e. The maximum Gasteiger partial charge on any atom is 0.0753 e. The molecule has 2 saturated carbocycles. The minimum absolute atomic E-state index is 0.517. The molecule has 4 unspecified atom stereocenters. The van der Waals surface area contributed by atoms with E-state index >= 15 is 0 Å². The summed E-state index contributed by atoms with van der Waals surface area (Å²) in [6, 6.07) is 2.25. The summed E-state index contributed by atoms with van der Waals surface area (Å²) in [7, 11) is 0. The zero-order chi connectivity index (χ0) is 12.0. The van der Waals surface area contributed by atoms with Crippen molar-refractivity contribution in [2.45, 2.75) is 36.9 Å². The number of fused-ring (bicyclic) bond motifs is 2. The Balaban J connectivity index is 1.67. The molecule has 1 aromatic heterocycles. The van der Waals surface area contributed by atoms with E-state index in [-0.39, 0.29) is 0 Å². The van der Waals surface area contributed by atoms with E-state index in [4.69, 9.17) is 0 Å². The Bertz CT molecular complexity index is 415. The molecule has 0 aliphatic heterocycles. The molecule has 1 heterocycles. The molecule has 1 aromatic rings. The van der Waals surface area contributed by atoms with Crippen molar-refractivity contribution in [3.8, 4) is 0 Å². The second kappa shape index (κ2) is 5.26. The Morgan fingerprint density at radius 1 is 1.29 bits per heavy atom. The van der Waals surface area contributed by atoms with E-state index < -0.39 is 0 Å². The molecule has 0 N–H and O–H groups in total. The summed E-state index contributed by atoms with van der Waals surface area (Å²) in [6.45, 7) is 0. The highest BCUT2D eigenvalue weighted by Gasteiger charge is 2.40. The van der Waals surface area contributed by atoms with Crippen LogP contribution in [0.3, 0.4) is 0 Å². The summed E-state index contributed by atoms with van der Waals surface area (Å²) in [5.74, 6) is 3.05. The lowest BCUT2D eigenvalue weighted by Gasteiger charge is -2.23. The number of hydrogen-bond donors (Lipinski definition) is 0. The average molecular weight is 443 g/mol. The fourth-order valence-electron chi connectivity index (χ4n) is 3.62. The Morgan fingerprint density at radius 3 is 2.65 bits per heavy atom. The van der Waals surface area contributed by atoms with Gasteiger partial charge < -0.3 is 0 Å². The smallest absolute Gasteiger partial charge is 0.0753 e. The molecule has 17 heavy (non-hydrogen) atoms. The number of rotatable bonds is 3. The molecule has 4 heteroatoms. The summed E-state index contributed by atoms with van der Waals surface area (Å²) >= 11 is 12.9. The van der Waals surface area contributed by atoms with Crippen molar-refractivity contribution >= 4 is 59.1 Å². The lowest BCUT2D eigenvalue weighted by Crippen LogP contribution is -2.12. The maximum absolute atomic E-state index is 3.89. The quantitative estimate of drug-likeness (QED) is 0.466. The van der Waals surface area contributed by atoms with Crippen LogP contribution in [0.2, 0.25) is 0 Å². The Kier molecular flexibility index (Phi) is 4.06. The van der Waals surface area contributed by atoms with Crippen molar-refractivity contribution in [3.63, 3.8) is 0 Å². The van der Waals surface area contributed by atoms with Gasteiger partial charge in [0.15, 0.2) is 0 Å². The van der Waals surface area contributed by atoms with Gasteiger partial charge in [0.2, 0.25) is 0 Å². The van der Waals surface area contributed by atoms with Crippen LogP contribution in [0, 0.1) is 17.8 Å². The van der Waals surface area contributed by atoms with Crippen molar-refractivity contribution < 1.29 is 0 Å². The Morgan fingerprint density at radius 2 is 2.12 bits per heavy atom. The van der Waals surface area contributed by atoms with Crippen LogP contribution < -0.4 is 0 Å². The van der Waals surface area contributed by atoms with Crippen molar-refractivity contribution in [1.29, 1.82) is 0 Å². The van der Waals surface area contributed by atoms with E-state index in [0.717, 1.165) is 17.8 Å². The van der Waals surface area contributed by atoms with Crippen LogP contribution in [-0.2, 0) is 0 Å². The highest BCUT2D eigenvalue weighted by atomic mass is 79.9. The van der Waals surface area contributed by atoms with Crippen LogP contribution >= 0.6 is 59.1 Å². The molecular weight excluding hydrogens is 428 g/mol. The second-order valence-corrected chi connectivity index (χ2v) is 10.3. The lowest BCUT2D eigenvalue weighted by atomic mass is 9.85. The minimum atomic E-state index is 0.517. The molecule has 2 fully saturated rings. The van der Waals surface area contributed by atoms with Gasteiger partial charge in [-0.05, 0) is 86.9 Å². The summed E-state index contributed by atoms with van der Waals surface area (Å²) in [4.78, 5) is 0.517. The van der Waals surface area contributed by atoms with Crippen LogP contribution in [0.25, 0.3) is 0 Å². The molecule has 4 atom stereocenters. The summed E-state index contributed by atoms with van der Waals surface area (Å²) in [5.41, 5.74) is 1.42. The van der Waals surface area contributed by atoms with Gasteiger partial charge in [-0.1, -0.05) is 22.4 Å². The molecular formula is C13H15Br3S. The van der Waals surface area contributed by atoms with Crippen LogP contribution in [0.5, 0.6) is 0 Å². The Hall–Kier alpha value is 1.14. The molecule has 0 saturated heterocycles. The molecule has 2 aliphatic carbocycles. The van der Waals surface area contributed by atoms with Crippen molar-refractivity contribution in [2.75, 3.05) is 0 Å². The third kappa shape index (κ3) is 2.70. The maximum atomic E-state index is 3.89. The van der Waals surface area contributed by atoms with Gasteiger partial charge in [0.05, 0.1) is 7.57 Å². The highest BCUT2D eigenvalue weighted by Crippen LogP contribution is 2.52. The zero-order valence-corrected chi connectivity index (χ0v) is 15.0. The molecule has 0 radical (unpaired) electrons. The third-order valence-corrected chi connectivity index (χ3v) is 7.67. The predicted octanol–water partition coefficient (Wildman–Crippen LogP) is 6.54. The zero-order valence-electron chi connectivity index (χ0n) is 9.46. The molecule has 0 amide bonds. The molecule has 94 valence electrons. The lowest BCUT2D eigenvalue weighted by molar-refractivity contribution is 0.314. The van der Waals surface area contributed by atoms with Gasteiger partial charge in [-0.25, -0.2) is 0 Å². The molecule has 0 spiro atoms. The molecule has 2 aliphatic rings. The van der Waals surface area contributed by atoms with Gasteiger partial charge in [0, 0.05) is 4.83 Å². The second-order valence-electron chi connectivity index (χ2n) is 5.42. The number of hydrogen-bond acceptors (Lipinski definition) is 1. The van der Waals surface area contributed by atoms with E-state index in [2.05, 4.69) is 53.9 Å². The first-order chi connectivity index (χ1) is 8.13. The van der Waals surface area contributed by atoms with Crippen LogP contribution in [0.15, 0.2) is 13.6 Å². The summed E-state index contributed by atoms with van der Waals surface area (Å²) in [6.07, 6.45) is 7.29. The standard InChI is InChI=1S/C13H15Br3S/c14-11(10-6-12(15)17-13(10)16)5-9-4-7-1-2-8(9)3-7/h6-9,11H,1-5H2. The van der Waals surface area contributed by atoms with Crippen LogP contribution in [0.1, 0.15) is 42.5 Å². The first kappa shape index (κ1) is 13.1. The van der Waals surface area contributed by atoms with E-state index in [1.807, 2.05) is 0 Å². The highest BCUT2D eigenvalue weighted by molar-refractivity contribution is 9.12. The van der Waals surface area contributed by atoms with Crippen molar-refractivity contribution in [1.82, 2.24) is 0 Å². The van der Waals surface area contributed by atoms with E-state index in [9.17, 15) is 0 Å². The van der Waals surface area contributed by atoms with Gasteiger partial charge >= 0.3 is 0 Å². The monoisotopic (exact) mass is 440 g/mol. The van der Waals surface area contributed by atoms with Gasteiger partial charge in [-0.3, -0.25) is 0 Å². The fourth-order valence-corrected chi connectivity index (χ4v) is 7.90. The normalized spacial score (nSPS) is 33.2. The van der Waals surface area contributed by atoms with Gasteiger partial charge in [0.1, 0.15) is 0 Å². The van der Waals surface area contributed by atoms with Crippen LogP contribution in [0.4, 0.5) is 0 Å². The van der Waals surface area contributed by atoms with E-state index in [0.29, 0.717) is 4.83 Å². The predicted molar refractivity (Wildman–Crippen MR) is 84.9 cm³/mol. The first-order valence-electron chi connectivity index (χ1n) is 6.22. The molecule has 0 aromatic carbocycles. The average Bonchev–Trinajstić information content (AvgIpc) is 2.93. The molecule has 0 nitrogen and oxygen atoms in total.